The molecule has 184 valence electrons. The number of aromatic nitrogens is 3. The Labute approximate surface area is 222 Å². The monoisotopic (exact) mass is 575 g/mol. The van der Waals surface area contributed by atoms with Crippen LogP contribution in [0.25, 0.3) is 0 Å². The number of carbonyl (C=O) groups is 2. The number of halogens is 2. The summed E-state index contributed by atoms with van der Waals surface area (Å²) in [6.07, 6.45) is 1.72. The molecule has 0 unspecified atom stereocenters. The Kier molecular flexibility index (Phi) is 9.54. The molecule has 2 aromatic carbocycles. The van der Waals surface area contributed by atoms with Crippen LogP contribution in [0.4, 0.5) is 5.69 Å². The van der Waals surface area contributed by atoms with Crippen LogP contribution in [0.15, 0.2) is 64.7 Å². The SMILES string of the molecule is C=CCn1c(SCC(=O)Nc2ccc(Br)cc2C(C)C)nnc1[C@H](C)NC(=O)c1cccc(Cl)c1. The highest BCUT2D eigenvalue weighted by molar-refractivity contribution is 9.10. The van der Waals surface area contributed by atoms with Crippen molar-refractivity contribution in [2.45, 2.75) is 44.4 Å². The second-order valence-electron chi connectivity index (χ2n) is 8.17. The molecule has 35 heavy (non-hydrogen) atoms. The predicted molar refractivity (Wildman–Crippen MR) is 145 cm³/mol. The van der Waals surface area contributed by atoms with Gasteiger partial charge >= 0.3 is 0 Å². The van der Waals surface area contributed by atoms with E-state index in [4.69, 9.17) is 11.6 Å². The van der Waals surface area contributed by atoms with E-state index in [0.717, 1.165) is 15.7 Å². The number of allylic oxidation sites excluding steroid dienone is 1. The standard InChI is InChI=1S/C25H27BrClN5O2S/c1-5-11-32-23(16(4)28-24(34)17-7-6-8-19(27)12-17)30-31-25(32)35-14-22(33)29-21-10-9-18(26)13-20(21)15(2)3/h5-10,12-13,15-16H,1,11,14H2,2-4H3,(H,28,34)(H,29,33)/t16-/m0/s1. The van der Waals surface area contributed by atoms with Crippen molar-refractivity contribution < 1.29 is 9.59 Å². The Morgan fingerprint density at radius 3 is 2.66 bits per heavy atom. The van der Waals surface area contributed by atoms with Crippen molar-refractivity contribution >= 4 is 56.8 Å². The van der Waals surface area contributed by atoms with Crippen molar-refractivity contribution in [2.75, 3.05) is 11.1 Å². The highest BCUT2D eigenvalue weighted by atomic mass is 79.9. The van der Waals surface area contributed by atoms with E-state index in [-0.39, 0.29) is 23.5 Å². The smallest absolute Gasteiger partial charge is 0.251 e. The topological polar surface area (TPSA) is 88.9 Å². The summed E-state index contributed by atoms with van der Waals surface area (Å²) in [6, 6.07) is 12.1. The zero-order chi connectivity index (χ0) is 25.5. The minimum absolute atomic E-state index is 0.142. The third-order valence-electron chi connectivity index (χ3n) is 5.12. The molecule has 0 aliphatic heterocycles. The van der Waals surface area contributed by atoms with E-state index in [9.17, 15) is 9.59 Å². The lowest BCUT2D eigenvalue weighted by atomic mass is 10.0. The summed E-state index contributed by atoms with van der Waals surface area (Å²) in [5.41, 5.74) is 2.30. The van der Waals surface area contributed by atoms with Crippen LogP contribution in [0.2, 0.25) is 5.02 Å². The lowest BCUT2D eigenvalue weighted by Crippen LogP contribution is -2.28. The minimum Gasteiger partial charge on any atom is -0.342 e. The summed E-state index contributed by atoms with van der Waals surface area (Å²) >= 11 is 10.8. The molecule has 0 fully saturated rings. The molecule has 0 saturated heterocycles. The van der Waals surface area contributed by atoms with Crippen molar-refractivity contribution in [1.82, 2.24) is 20.1 Å². The third kappa shape index (κ3) is 7.19. The van der Waals surface area contributed by atoms with Crippen molar-refractivity contribution in [3.63, 3.8) is 0 Å². The van der Waals surface area contributed by atoms with Gasteiger partial charge in [0.1, 0.15) is 0 Å². The summed E-state index contributed by atoms with van der Waals surface area (Å²) in [5.74, 6) is 0.579. The van der Waals surface area contributed by atoms with Gasteiger partial charge in [-0.1, -0.05) is 65.3 Å². The fraction of sp³-hybridized carbons (Fsp3) is 0.280. The maximum atomic E-state index is 12.7. The molecule has 2 amide bonds. The van der Waals surface area contributed by atoms with Gasteiger partial charge in [-0.25, -0.2) is 0 Å². The average molecular weight is 577 g/mol. The van der Waals surface area contributed by atoms with Gasteiger partial charge in [0.05, 0.1) is 11.8 Å². The van der Waals surface area contributed by atoms with Gasteiger partial charge in [0.25, 0.3) is 5.91 Å². The highest BCUT2D eigenvalue weighted by Gasteiger charge is 2.21. The van der Waals surface area contributed by atoms with Crippen LogP contribution in [0.3, 0.4) is 0 Å². The van der Waals surface area contributed by atoms with E-state index in [1.165, 1.54) is 11.8 Å². The van der Waals surface area contributed by atoms with E-state index in [1.54, 1.807) is 30.3 Å². The third-order valence-corrected chi connectivity index (χ3v) is 6.82. The number of thioether (sulfide) groups is 1. The molecular weight excluding hydrogens is 550 g/mol. The maximum absolute atomic E-state index is 12.7. The first-order chi connectivity index (χ1) is 16.7. The van der Waals surface area contributed by atoms with E-state index in [1.807, 2.05) is 29.7 Å². The van der Waals surface area contributed by atoms with Gasteiger partial charge in [0.2, 0.25) is 5.91 Å². The summed E-state index contributed by atoms with van der Waals surface area (Å²) in [4.78, 5) is 25.3. The molecule has 10 heteroatoms. The number of anilines is 1. The van der Waals surface area contributed by atoms with Gasteiger partial charge < -0.3 is 15.2 Å². The number of hydrogen-bond donors (Lipinski definition) is 2. The fourth-order valence-electron chi connectivity index (χ4n) is 3.44. The van der Waals surface area contributed by atoms with E-state index < -0.39 is 6.04 Å². The Morgan fingerprint density at radius 2 is 1.97 bits per heavy atom. The number of amides is 2. The van der Waals surface area contributed by atoms with Crippen LogP contribution in [0.5, 0.6) is 0 Å². The van der Waals surface area contributed by atoms with Crippen LogP contribution in [-0.2, 0) is 11.3 Å². The van der Waals surface area contributed by atoms with Gasteiger partial charge in [-0.05, 0) is 54.8 Å². The first kappa shape index (κ1) is 27.0. The second-order valence-corrected chi connectivity index (χ2v) is 10.5. The van der Waals surface area contributed by atoms with E-state index >= 15 is 0 Å². The second kappa shape index (κ2) is 12.4. The Balaban J connectivity index is 1.69. The van der Waals surface area contributed by atoms with Crippen LogP contribution in [0, 0.1) is 0 Å². The summed E-state index contributed by atoms with van der Waals surface area (Å²) < 4.78 is 2.81. The Morgan fingerprint density at radius 1 is 1.20 bits per heavy atom. The number of nitrogens with zero attached hydrogens (tertiary/aromatic N) is 3. The first-order valence-electron chi connectivity index (χ1n) is 11.0. The van der Waals surface area contributed by atoms with E-state index in [2.05, 4.69) is 57.2 Å². The molecule has 0 radical (unpaired) electrons. The summed E-state index contributed by atoms with van der Waals surface area (Å²) in [7, 11) is 0. The number of carbonyl (C=O) groups excluding carboxylic acids is 2. The number of nitrogens with one attached hydrogen (secondary N) is 2. The summed E-state index contributed by atoms with van der Waals surface area (Å²) in [5, 5.41) is 15.5. The van der Waals surface area contributed by atoms with Crippen LogP contribution in [-0.4, -0.2) is 32.3 Å². The van der Waals surface area contributed by atoms with E-state index in [0.29, 0.717) is 28.1 Å². The molecule has 3 aromatic rings. The van der Waals surface area contributed by atoms with Crippen molar-refractivity contribution in [3.05, 3.63) is 81.6 Å². The maximum Gasteiger partial charge on any atom is 0.251 e. The van der Waals surface area contributed by atoms with Gasteiger partial charge in [-0.2, -0.15) is 0 Å². The quantitative estimate of drug-likeness (QED) is 0.221. The molecule has 3 rings (SSSR count). The molecule has 0 saturated carbocycles. The van der Waals surface area contributed by atoms with Crippen molar-refractivity contribution in [2.24, 2.45) is 0 Å². The Hall–Kier alpha value is -2.62. The highest BCUT2D eigenvalue weighted by Crippen LogP contribution is 2.28. The number of rotatable bonds is 10. The zero-order valence-electron chi connectivity index (χ0n) is 19.7. The van der Waals surface area contributed by atoms with Crippen LogP contribution >= 0.6 is 39.3 Å². The summed E-state index contributed by atoms with van der Waals surface area (Å²) in [6.45, 7) is 10.2. The lowest BCUT2D eigenvalue weighted by Gasteiger charge is -2.16. The molecule has 0 aliphatic carbocycles. The molecule has 2 N–H and O–H groups in total. The van der Waals surface area contributed by atoms with Crippen LogP contribution < -0.4 is 10.6 Å². The van der Waals surface area contributed by atoms with Gasteiger partial charge in [0, 0.05) is 27.3 Å². The molecule has 1 atom stereocenters. The van der Waals surface area contributed by atoms with Gasteiger partial charge in [-0.3, -0.25) is 9.59 Å². The normalized spacial score (nSPS) is 11.8. The molecule has 1 heterocycles. The average Bonchev–Trinajstić information content (AvgIpc) is 3.21. The lowest BCUT2D eigenvalue weighted by molar-refractivity contribution is -0.113. The van der Waals surface area contributed by atoms with Gasteiger partial charge in [-0.15, -0.1) is 16.8 Å². The molecule has 0 aliphatic rings. The molecule has 0 spiro atoms. The fourth-order valence-corrected chi connectivity index (χ4v) is 4.77. The molecule has 7 nitrogen and oxygen atoms in total. The molecular formula is C25H27BrClN5O2S. The van der Waals surface area contributed by atoms with Crippen molar-refractivity contribution in [3.8, 4) is 0 Å². The van der Waals surface area contributed by atoms with Gasteiger partial charge in [0.15, 0.2) is 11.0 Å². The molecule has 1 aromatic heterocycles. The van der Waals surface area contributed by atoms with Crippen LogP contribution in [0.1, 0.15) is 54.5 Å². The number of hydrogen-bond acceptors (Lipinski definition) is 5. The Bertz CT molecular complexity index is 1230. The predicted octanol–water partition coefficient (Wildman–Crippen LogP) is 6.23. The first-order valence-corrected chi connectivity index (χ1v) is 13.2. The number of benzene rings is 2. The molecule has 0 bridgehead atoms. The largest absolute Gasteiger partial charge is 0.342 e. The zero-order valence-corrected chi connectivity index (χ0v) is 22.9. The van der Waals surface area contributed by atoms with Crippen molar-refractivity contribution in [1.29, 1.82) is 0 Å². The minimum atomic E-state index is -0.423.